The van der Waals surface area contributed by atoms with Crippen molar-refractivity contribution in [2.75, 3.05) is 7.11 Å². The van der Waals surface area contributed by atoms with Crippen LogP contribution in [0.25, 0.3) is 0 Å². The fourth-order valence-corrected chi connectivity index (χ4v) is 1.69. The molecule has 1 heterocycles. The molecule has 0 saturated heterocycles. The zero-order valence-electron chi connectivity index (χ0n) is 8.24. The first-order chi connectivity index (χ1) is 6.72. The minimum Gasteiger partial charge on any atom is -0.478 e. The van der Waals surface area contributed by atoms with Crippen molar-refractivity contribution < 1.29 is 14.3 Å². The maximum atomic E-state index is 11.2. The van der Waals surface area contributed by atoms with Gasteiger partial charge in [-0.25, -0.2) is 4.79 Å². The van der Waals surface area contributed by atoms with E-state index in [2.05, 4.69) is 4.74 Å². The highest BCUT2D eigenvalue weighted by atomic mass is 16.6. The van der Waals surface area contributed by atoms with Gasteiger partial charge in [-0.1, -0.05) is 18.2 Å². The van der Waals surface area contributed by atoms with Crippen molar-refractivity contribution in [2.45, 2.75) is 19.4 Å². The highest BCUT2D eigenvalue weighted by molar-refractivity contribution is 5.77. The molecule has 0 spiro atoms. The number of benzene rings is 1. The van der Waals surface area contributed by atoms with E-state index in [4.69, 9.17) is 4.74 Å². The predicted octanol–water partition coefficient (Wildman–Crippen LogP) is 1.47. The van der Waals surface area contributed by atoms with E-state index < -0.39 is 6.10 Å². The van der Waals surface area contributed by atoms with E-state index in [9.17, 15) is 4.79 Å². The summed E-state index contributed by atoms with van der Waals surface area (Å²) in [6.07, 6.45) is 0.153. The van der Waals surface area contributed by atoms with E-state index in [0.717, 1.165) is 16.9 Å². The van der Waals surface area contributed by atoms with Crippen molar-refractivity contribution in [2.24, 2.45) is 0 Å². The average molecular weight is 192 g/mol. The minimum absolute atomic E-state index is 0.305. The number of esters is 1. The van der Waals surface area contributed by atoms with Crippen LogP contribution < -0.4 is 4.74 Å². The highest BCUT2D eigenvalue weighted by Crippen LogP contribution is 2.32. The number of para-hydroxylation sites is 1. The lowest BCUT2D eigenvalue weighted by atomic mass is 10.1. The number of hydrogen-bond acceptors (Lipinski definition) is 3. The van der Waals surface area contributed by atoms with Crippen molar-refractivity contribution >= 4 is 5.97 Å². The molecule has 0 bridgehead atoms. The molecule has 3 nitrogen and oxygen atoms in total. The summed E-state index contributed by atoms with van der Waals surface area (Å²) in [5.74, 6) is 0.531. The van der Waals surface area contributed by atoms with Crippen LogP contribution in [-0.2, 0) is 16.0 Å². The molecular weight excluding hydrogens is 180 g/mol. The molecule has 0 saturated carbocycles. The molecule has 2 rings (SSSR count). The molecule has 1 unspecified atom stereocenters. The second-order valence-corrected chi connectivity index (χ2v) is 3.40. The summed E-state index contributed by atoms with van der Waals surface area (Å²) >= 11 is 0. The summed E-state index contributed by atoms with van der Waals surface area (Å²) in [7, 11) is 1.38. The molecule has 0 aliphatic carbocycles. The third kappa shape index (κ3) is 1.35. The maximum Gasteiger partial charge on any atom is 0.347 e. The Bertz CT molecular complexity index is 371. The van der Waals surface area contributed by atoms with Crippen LogP contribution in [0, 0.1) is 6.92 Å². The Morgan fingerprint density at radius 2 is 2.36 bits per heavy atom. The fraction of sp³-hybridized carbons (Fsp3) is 0.364. The van der Waals surface area contributed by atoms with Crippen molar-refractivity contribution in [3.8, 4) is 5.75 Å². The van der Waals surface area contributed by atoms with Gasteiger partial charge < -0.3 is 9.47 Å². The molecule has 0 fully saturated rings. The molecule has 1 aliphatic heterocycles. The Kier molecular flexibility index (Phi) is 2.15. The van der Waals surface area contributed by atoms with Crippen LogP contribution in [0.2, 0.25) is 0 Å². The van der Waals surface area contributed by atoms with Gasteiger partial charge in [0, 0.05) is 6.42 Å². The van der Waals surface area contributed by atoms with E-state index in [0.29, 0.717) is 6.42 Å². The standard InChI is InChI=1S/C11H12O3/c1-7-4-3-5-8-6-9(11(12)13-2)14-10(7)8/h3-5,9H,6H2,1-2H3. The molecule has 1 aromatic carbocycles. The number of rotatable bonds is 1. The first-order valence-electron chi connectivity index (χ1n) is 4.55. The van der Waals surface area contributed by atoms with Crippen LogP contribution in [0.4, 0.5) is 0 Å². The number of aryl methyl sites for hydroxylation is 1. The zero-order chi connectivity index (χ0) is 10.1. The van der Waals surface area contributed by atoms with Crippen LogP contribution >= 0.6 is 0 Å². The van der Waals surface area contributed by atoms with Crippen molar-refractivity contribution in [1.29, 1.82) is 0 Å². The summed E-state index contributed by atoms with van der Waals surface area (Å²) in [6, 6.07) is 5.92. The normalized spacial score (nSPS) is 18.6. The number of carbonyl (C=O) groups excluding carboxylic acids is 1. The van der Waals surface area contributed by atoms with E-state index in [1.54, 1.807) is 0 Å². The Labute approximate surface area is 82.6 Å². The largest absolute Gasteiger partial charge is 0.478 e. The number of carbonyl (C=O) groups is 1. The second kappa shape index (κ2) is 3.33. The van der Waals surface area contributed by atoms with Gasteiger partial charge >= 0.3 is 5.97 Å². The predicted molar refractivity (Wildman–Crippen MR) is 51.3 cm³/mol. The third-order valence-corrected chi connectivity index (χ3v) is 2.42. The summed E-state index contributed by atoms with van der Waals surface area (Å²) in [5.41, 5.74) is 2.15. The van der Waals surface area contributed by atoms with E-state index in [1.807, 2.05) is 25.1 Å². The molecule has 14 heavy (non-hydrogen) atoms. The van der Waals surface area contributed by atoms with Crippen molar-refractivity contribution in [3.05, 3.63) is 29.3 Å². The molecule has 74 valence electrons. The van der Waals surface area contributed by atoms with Gasteiger partial charge in [0.05, 0.1) is 7.11 Å². The molecule has 0 N–H and O–H groups in total. The van der Waals surface area contributed by atoms with Gasteiger partial charge in [-0.15, -0.1) is 0 Å². The number of hydrogen-bond donors (Lipinski definition) is 0. The van der Waals surface area contributed by atoms with E-state index in [1.165, 1.54) is 7.11 Å². The lowest BCUT2D eigenvalue weighted by Crippen LogP contribution is -2.26. The average Bonchev–Trinajstić information content (AvgIpc) is 2.62. The maximum absolute atomic E-state index is 11.2. The van der Waals surface area contributed by atoms with Gasteiger partial charge in [0.15, 0.2) is 6.10 Å². The number of fused-ring (bicyclic) bond motifs is 1. The molecule has 3 heteroatoms. The minimum atomic E-state index is -0.462. The third-order valence-electron chi connectivity index (χ3n) is 2.42. The van der Waals surface area contributed by atoms with E-state index >= 15 is 0 Å². The highest BCUT2D eigenvalue weighted by Gasteiger charge is 2.30. The number of methoxy groups -OCH3 is 1. The van der Waals surface area contributed by atoms with Gasteiger partial charge in [-0.2, -0.15) is 0 Å². The topological polar surface area (TPSA) is 35.5 Å². The van der Waals surface area contributed by atoms with Gasteiger partial charge in [0.25, 0.3) is 0 Å². The molecule has 1 aliphatic rings. The summed E-state index contributed by atoms with van der Waals surface area (Å²) in [5, 5.41) is 0. The Morgan fingerprint density at radius 3 is 3.00 bits per heavy atom. The Morgan fingerprint density at radius 1 is 1.57 bits per heavy atom. The molecule has 0 amide bonds. The van der Waals surface area contributed by atoms with E-state index in [-0.39, 0.29) is 5.97 Å². The van der Waals surface area contributed by atoms with Crippen LogP contribution in [0.5, 0.6) is 5.75 Å². The number of ether oxygens (including phenoxy) is 2. The van der Waals surface area contributed by atoms with Crippen LogP contribution in [0.1, 0.15) is 11.1 Å². The summed E-state index contributed by atoms with van der Waals surface area (Å²) in [6.45, 7) is 1.97. The van der Waals surface area contributed by atoms with Gasteiger partial charge in [0.2, 0.25) is 0 Å². The lowest BCUT2D eigenvalue weighted by molar-refractivity contribution is -0.147. The second-order valence-electron chi connectivity index (χ2n) is 3.40. The Hall–Kier alpha value is -1.51. The molecule has 1 atom stereocenters. The van der Waals surface area contributed by atoms with Gasteiger partial charge in [0.1, 0.15) is 5.75 Å². The summed E-state index contributed by atoms with van der Waals surface area (Å²) < 4.78 is 10.2. The first-order valence-corrected chi connectivity index (χ1v) is 4.55. The quantitative estimate of drug-likeness (QED) is 0.632. The van der Waals surface area contributed by atoms with Crippen LogP contribution in [0.15, 0.2) is 18.2 Å². The lowest BCUT2D eigenvalue weighted by Gasteiger charge is -2.08. The van der Waals surface area contributed by atoms with Crippen molar-refractivity contribution in [3.63, 3.8) is 0 Å². The first kappa shape index (κ1) is 9.06. The van der Waals surface area contributed by atoms with Crippen LogP contribution in [0.3, 0.4) is 0 Å². The smallest absolute Gasteiger partial charge is 0.347 e. The van der Waals surface area contributed by atoms with Crippen LogP contribution in [-0.4, -0.2) is 19.2 Å². The zero-order valence-corrected chi connectivity index (χ0v) is 8.24. The summed E-state index contributed by atoms with van der Waals surface area (Å²) in [4.78, 5) is 11.2. The Balaban J connectivity index is 2.26. The SMILES string of the molecule is COC(=O)C1Cc2cccc(C)c2O1. The van der Waals surface area contributed by atoms with Gasteiger partial charge in [-0.3, -0.25) is 0 Å². The monoisotopic (exact) mass is 192 g/mol. The fourth-order valence-electron chi connectivity index (χ4n) is 1.69. The van der Waals surface area contributed by atoms with Gasteiger partial charge in [-0.05, 0) is 18.1 Å². The molecule has 0 aromatic heterocycles. The molecular formula is C11H12O3. The van der Waals surface area contributed by atoms with Crippen molar-refractivity contribution in [1.82, 2.24) is 0 Å². The molecule has 0 radical (unpaired) electrons. The molecule has 1 aromatic rings.